The zero-order valence-corrected chi connectivity index (χ0v) is 10.3. The second-order valence-corrected chi connectivity index (χ2v) is 4.58. The Morgan fingerprint density at radius 2 is 1.80 bits per heavy atom. The molecule has 0 aliphatic rings. The molecule has 15 heavy (non-hydrogen) atoms. The largest absolute Gasteiger partial charge is 0.478 e. The minimum Gasteiger partial charge on any atom is -0.478 e. The van der Waals surface area contributed by atoms with Gasteiger partial charge in [0, 0.05) is 5.57 Å². The fourth-order valence-electron chi connectivity index (χ4n) is 1.46. The summed E-state index contributed by atoms with van der Waals surface area (Å²) < 4.78 is 0. The van der Waals surface area contributed by atoms with Crippen molar-refractivity contribution >= 4 is 5.97 Å². The highest BCUT2D eigenvalue weighted by atomic mass is 16.4. The van der Waals surface area contributed by atoms with Gasteiger partial charge in [-0.25, -0.2) is 4.79 Å². The van der Waals surface area contributed by atoms with Crippen molar-refractivity contribution in [1.82, 2.24) is 0 Å². The van der Waals surface area contributed by atoms with Crippen LogP contribution in [-0.4, -0.2) is 11.1 Å². The number of carbonyl (C=O) groups is 1. The predicted molar refractivity (Wildman–Crippen MR) is 63.9 cm³/mol. The Morgan fingerprint density at radius 1 is 1.20 bits per heavy atom. The third-order valence-corrected chi connectivity index (χ3v) is 2.52. The van der Waals surface area contributed by atoms with Crippen molar-refractivity contribution in [2.75, 3.05) is 0 Å². The molecule has 0 bridgehead atoms. The Bertz CT molecular complexity index is 205. The van der Waals surface area contributed by atoms with Gasteiger partial charge in [-0.2, -0.15) is 0 Å². The fourth-order valence-corrected chi connectivity index (χ4v) is 1.46. The summed E-state index contributed by atoms with van der Waals surface area (Å²) in [7, 11) is 0. The number of rotatable bonds is 8. The number of hydrogen-bond donors (Lipinski definition) is 1. The Morgan fingerprint density at radius 3 is 2.33 bits per heavy atom. The zero-order chi connectivity index (χ0) is 11.7. The van der Waals surface area contributed by atoms with Crippen molar-refractivity contribution in [3.63, 3.8) is 0 Å². The van der Waals surface area contributed by atoms with E-state index in [0.717, 1.165) is 18.8 Å². The molecule has 0 radical (unpaired) electrons. The number of allylic oxidation sites excluding steroid dienone is 1. The summed E-state index contributed by atoms with van der Waals surface area (Å²) in [6.07, 6.45) is 8.95. The van der Waals surface area contributed by atoms with Crippen molar-refractivity contribution < 1.29 is 9.90 Å². The zero-order valence-electron chi connectivity index (χ0n) is 10.3. The van der Waals surface area contributed by atoms with Crippen molar-refractivity contribution in [1.29, 1.82) is 0 Å². The normalized spacial score (nSPS) is 12.1. The molecule has 0 aliphatic carbocycles. The molecule has 0 saturated heterocycles. The van der Waals surface area contributed by atoms with Crippen molar-refractivity contribution in [3.05, 3.63) is 11.6 Å². The third kappa shape index (κ3) is 9.51. The van der Waals surface area contributed by atoms with Crippen LogP contribution in [0.3, 0.4) is 0 Å². The average Bonchev–Trinajstić information content (AvgIpc) is 2.15. The van der Waals surface area contributed by atoms with E-state index in [0.29, 0.717) is 5.57 Å². The van der Waals surface area contributed by atoms with Gasteiger partial charge in [-0.1, -0.05) is 45.6 Å². The monoisotopic (exact) mass is 212 g/mol. The van der Waals surface area contributed by atoms with Crippen LogP contribution in [0.4, 0.5) is 0 Å². The summed E-state index contributed by atoms with van der Waals surface area (Å²) in [4.78, 5) is 10.5. The Hall–Kier alpha value is -0.790. The van der Waals surface area contributed by atoms with Crippen LogP contribution < -0.4 is 0 Å². The summed E-state index contributed by atoms with van der Waals surface area (Å²) in [6, 6.07) is 0. The maximum Gasteiger partial charge on any atom is 0.330 e. The van der Waals surface area contributed by atoms with Gasteiger partial charge in [-0.3, -0.25) is 0 Å². The first-order chi connectivity index (χ1) is 7.04. The first-order valence-corrected chi connectivity index (χ1v) is 5.94. The number of aliphatic carboxylic acids is 1. The Balaban J connectivity index is 3.32. The molecule has 0 aromatic carbocycles. The van der Waals surface area contributed by atoms with E-state index in [1.807, 2.05) is 6.08 Å². The first-order valence-electron chi connectivity index (χ1n) is 5.94. The lowest BCUT2D eigenvalue weighted by Crippen LogP contribution is -1.95. The molecule has 0 amide bonds. The predicted octanol–water partition coefficient (Wildman–Crippen LogP) is 4.01. The molecule has 0 fully saturated rings. The molecule has 0 heterocycles. The van der Waals surface area contributed by atoms with Crippen LogP contribution in [0.25, 0.3) is 0 Å². The molecule has 0 aliphatic heterocycles. The third-order valence-electron chi connectivity index (χ3n) is 2.52. The molecule has 0 aromatic rings. The number of unbranched alkanes of at least 4 members (excludes halogenated alkanes) is 4. The van der Waals surface area contributed by atoms with Gasteiger partial charge in [0.1, 0.15) is 0 Å². The van der Waals surface area contributed by atoms with E-state index < -0.39 is 5.97 Å². The highest BCUT2D eigenvalue weighted by Gasteiger charge is 1.98. The molecule has 0 spiro atoms. The molecule has 88 valence electrons. The smallest absolute Gasteiger partial charge is 0.330 e. The second-order valence-electron chi connectivity index (χ2n) is 4.58. The van der Waals surface area contributed by atoms with Gasteiger partial charge in [0.2, 0.25) is 0 Å². The van der Waals surface area contributed by atoms with Crippen molar-refractivity contribution in [2.24, 2.45) is 5.92 Å². The van der Waals surface area contributed by atoms with Crippen LogP contribution in [-0.2, 0) is 4.79 Å². The van der Waals surface area contributed by atoms with Crippen molar-refractivity contribution in [3.8, 4) is 0 Å². The maximum absolute atomic E-state index is 10.5. The minimum atomic E-state index is -0.796. The van der Waals surface area contributed by atoms with Gasteiger partial charge in [-0.05, 0) is 25.7 Å². The summed E-state index contributed by atoms with van der Waals surface area (Å²) in [5, 5.41) is 8.62. The van der Waals surface area contributed by atoms with Crippen LogP contribution in [0.1, 0.15) is 59.3 Å². The molecular formula is C13H24O2. The first kappa shape index (κ1) is 14.2. The van der Waals surface area contributed by atoms with Gasteiger partial charge < -0.3 is 5.11 Å². The molecular weight excluding hydrogens is 188 g/mol. The van der Waals surface area contributed by atoms with Crippen LogP contribution in [0, 0.1) is 5.92 Å². The van der Waals surface area contributed by atoms with Crippen LogP contribution in [0.2, 0.25) is 0 Å². The SMILES string of the molecule is C/C(=C\CCCCCCC(C)C)C(=O)O. The highest BCUT2D eigenvalue weighted by Crippen LogP contribution is 2.11. The van der Waals surface area contributed by atoms with E-state index in [2.05, 4.69) is 13.8 Å². The molecule has 1 N–H and O–H groups in total. The Labute approximate surface area is 93.4 Å². The van der Waals surface area contributed by atoms with Gasteiger partial charge in [-0.15, -0.1) is 0 Å². The highest BCUT2D eigenvalue weighted by molar-refractivity contribution is 5.85. The number of carboxylic acids is 1. The lowest BCUT2D eigenvalue weighted by Gasteiger charge is -2.03. The second kappa shape index (κ2) is 8.51. The van der Waals surface area contributed by atoms with Gasteiger partial charge in [0.25, 0.3) is 0 Å². The van der Waals surface area contributed by atoms with Gasteiger partial charge >= 0.3 is 5.97 Å². The van der Waals surface area contributed by atoms with Crippen molar-refractivity contribution in [2.45, 2.75) is 59.3 Å². The van der Waals surface area contributed by atoms with Crippen LogP contribution in [0.5, 0.6) is 0 Å². The average molecular weight is 212 g/mol. The van der Waals surface area contributed by atoms with E-state index in [-0.39, 0.29) is 0 Å². The maximum atomic E-state index is 10.5. The minimum absolute atomic E-state index is 0.470. The standard InChI is InChI=1S/C13H24O2/c1-11(2)9-7-5-4-6-8-10-12(3)13(14)15/h10-11H,4-9H2,1-3H3,(H,14,15)/b12-10+. The lowest BCUT2D eigenvalue weighted by atomic mass is 10.0. The fraction of sp³-hybridized carbons (Fsp3) is 0.769. The molecule has 2 heteroatoms. The summed E-state index contributed by atoms with van der Waals surface area (Å²) in [5.41, 5.74) is 0.470. The molecule has 0 atom stereocenters. The Kier molecular flexibility index (Phi) is 8.06. The van der Waals surface area contributed by atoms with E-state index in [1.165, 1.54) is 25.7 Å². The van der Waals surface area contributed by atoms with Gasteiger partial charge in [0.15, 0.2) is 0 Å². The van der Waals surface area contributed by atoms with Crippen LogP contribution >= 0.6 is 0 Å². The summed E-state index contributed by atoms with van der Waals surface area (Å²) in [6.45, 7) is 6.15. The van der Waals surface area contributed by atoms with Crippen LogP contribution in [0.15, 0.2) is 11.6 Å². The summed E-state index contributed by atoms with van der Waals surface area (Å²) in [5.74, 6) is 0.00829. The van der Waals surface area contributed by atoms with Gasteiger partial charge in [0.05, 0.1) is 0 Å². The lowest BCUT2D eigenvalue weighted by molar-refractivity contribution is -0.132. The van der Waals surface area contributed by atoms with E-state index in [4.69, 9.17) is 5.11 Å². The number of carboxylic acid groups (broad SMARTS) is 1. The molecule has 0 unspecified atom stereocenters. The van der Waals surface area contributed by atoms with E-state index >= 15 is 0 Å². The topological polar surface area (TPSA) is 37.3 Å². The van der Waals surface area contributed by atoms with E-state index in [1.54, 1.807) is 6.92 Å². The molecule has 0 aromatic heterocycles. The quantitative estimate of drug-likeness (QED) is 0.487. The van der Waals surface area contributed by atoms with E-state index in [9.17, 15) is 4.79 Å². The molecule has 2 nitrogen and oxygen atoms in total. The molecule has 0 saturated carbocycles. The summed E-state index contributed by atoms with van der Waals surface area (Å²) >= 11 is 0. The molecule has 0 rings (SSSR count). The number of hydrogen-bond acceptors (Lipinski definition) is 1.